The van der Waals surface area contributed by atoms with E-state index in [1.165, 1.54) is 6.07 Å². The summed E-state index contributed by atoms with van der Waals surface area (Å²) in [5.41, 5.74) is -0.819. The third kappa shape index (κ3) is 2.08. The predicted molar refractivity (Wildman–Crippen MR) is 60.6 cm³/mol. The van der Waals surface area contributed by atoms with Crippen LogP contribution in [0.2, 0.25) is 0 Å². The molecule has 1 N–H and O–H groups in total. The predicted octanol–water partition coefficient (Wildman–Crippen LogP) is 3.04. The molecule has 0 aliphatic heterocycles. The first-order chi connectivity index (χ1) is 8.54. The van der Waals surface area contributed by atoms with Crippen molar-refractivity contribution in [3.8, 4) is 11.3 Å². The van der Waals surface area contributed by atoms with Gasteiger partial charge in [0.1, 0.15) is 5.82 Å². The zero-order valence-corrected chi connectivity index (χ0v) is 9.92. The Kier molecular flexibility index (Phi) is 3.33. The normalized spacial score (nSPS) is 10.6. The highest BCUT2D eigenvalue weighted by atomic mass is 32.2. The number of thioether (sulfide) groups is 1. The fraction of sp³-hybridized carbons (Fsp3) is 0.0909. The summed E-state index contributed by atoms with van der Waals surface area (Å²) in [7, 11) is 0. The summed E-state index contributed by atoms with van der Waals surface area (Å²) in [6, 6.07) is 3.37. The average Bonchev–Trinajstić information content (AvgIpc) is 2.79. The van der Waals surface area contributed by atoms with E-state index >= 15 is 0 Å². The number of hydrogen-bond donors (Lipinski definition) is 1. The van der Waals surface area contributed by atoms with Gasteiger partial charge in [-0.05, 0) is 18.4 Å². The third-order valence-electron chi connectivity index (χ3n) is 2.25. The van der Waals surface area contributed by atoms with Crippen LogP contribution in [0, 0.1) is 11.6 Å². The van der Waals surface area contributed by atoms with Gasteiger partial charge in [0, 0.05) is 11.0 Å². The van der Waals surface area contributed by atoms with Crippen molar-refractivity contribution in [3.05, 3.63) is 35.5 Å². The van der Waals surface area contributed by atoms with E-state index in [1.807, 2.05) is 0 Å². The van der Waals surface area contributed by atoms with Crippen LogP contribution in [0.5, 0.6) is 0 Å². The van der Waals surface area contributed by atoms with Crippen LogP contribution >= 0.6 is 11.8 Å². The van der Waals surface area contributed by atoms with Crippen LogP contribution in [-0.4, -0.2) is 22.5 Å². The smallest absolute Gasteiger partial charge is 0.358 e. The average molecular weight is 271 g/mol. The van der Waals surface area contributed by atoms with Gasteiger partial charge in [0.25, 0.3) is 0 Å². The van der Waals surface area contributed by atoms with Gasteiger partial charge in [-0.2, -0.15) is 0 Å². The minimum absolute atomic E-state index is 0.236. The van der Waals surface area contributed by atoms with Crippen LogP contribution in [0.25, 0.3) is 11.3 Å². The number of benzene rings is 1. The van der Waals surface area contributed by atoms with Crippen LogP contribution in [0.3, 0.4) is 0 Å². The van der Waals surface area contributed by atoms with Crippen molar-refractivity contribution in [2.75, 3.05) is 6.26 Å². The van der Waals surface area contributed by atoms with Crippen molar-refractivity contribution in [1.29, 1.82) is 0 Å². The number of nitrogens with zero attached hydrogens (tertiary/aromatic N) is 1. The molecule has 7 heteroatoms. The Labute approximate surface area is 105 Å². The fourth-order valence-electron chi connectivity index (χ4n) is 1.41. The summed E-state index contributed by atoms with van der Waals surface area (Å²) in [6.07, 6.45) is 1.64. The van der Waals surface area contributed by atoms with Gasteiger partial charge in [-0.15, -0.1) is 11.8 Å². The summed E-state index contributed by atoms with van der Waals surface area (Å²) in [4.78, 5) is 10.9. The summed E-state index contributed by atoms with van der Waals surface area (Å²) in [6.45, 7) is 0. The Morgan fingerprint density at radius 3 is 2.72 bits per heavy atom. The summed E-state index contributed by atoms with van der Waals surface area (Å²) >= 11 is 1.11. The number of carbonyl (C=O) groups is 1. The fourth-order valence-corrected chi connectivity index (χ4v) is 1.90. The number of aromatic nitrogens is 1. The maximum Gasteiger partial charge on any atom is 0.358 e. The lowest BCUT2D eigenvalue weighted by molar-refractivity contribution is 0.0686. The molecular formula is C11H7F2NO3S. The van der Waals surface area contributed by atoms with E-state index in [4.69, 9.17) is 5.11 Å². The van der Waals surface area contributed by atoms with Crippen molar-refractivity contribution in [2.45, 2.75) is 4.90 Å². The van der Waals surface area contributed by atoms with Gasteiger partial charge in [0.15, 0.2) is 17.3 Å². The molecule has 4 nitrogen and oxygen atoms in total. The van der Waals surface area contributed by atoms with Crippen molar-refractivity contribution in [1.82, 2.24) is 5.16 Å². The molecule has 2 aromatic rings. The first-order valence-electron chi connectivity index (χ1n) is 4.77. The van der Waals surface area contributed by atoms with E-state index < -0.39 is 28.9 Å². The van der Waals surface area contributed by atoms with Gasteiger partial charge in [-0.25, -0.2) is 13.6 Å². The number of rotatable bonds is 3. The molecule has 0 spiro atoms. The van der Waals surface area contributed by atoms with Crippen LogP contribution in [0.1, 0.15) is 10.5 Å². The van der Waals surface area contributed by atoms with Crippen molar-refractivity contribution >= 4 is 17.7 Å². The molecule has 0 bridgehead atoms. The molecule has 0 radical (unpaired) electrons. The van der Waals surface area contributed by atoms with Crippen molar-refractivity contribution in [3.63, 3.8) is 0 Å². The first kappa shape index (κ1) is 12.6. The molecule has 0 aliphatic carbocycles. The number of hydrogen-bond acceptors (Lipinski definition) is 4. The lowest BCUT2D eigenvalue weighted by atomic mass is 10.1. The lowest BCUT2D eigenvalue weighted by Crippen LogP contribution is -1.95. The van der Waals surface area contributed by atoms with E-state index in [2.05, 4.69) is 9.68 Å². The van der Waals surface area contributed by atoms with Gasteiger partial charge >= 0.3 is 5.97 Å². The van der Waals surface area contributed by atoms with E-state index in [9.17, 15) is 13.6 Å². The molecule has 94 valence electrons. The Morgan fingerprint density at radius 2 is 2.17 bits per heavy atom. The molecule has 18 heavy (non-hydrogen) atoms. The lowest BCUT2D eigenvalue weighted by Gasteiger charge is -2.04. The maximum absolute atomic E-state index is 13.9. The Hall–Kier alpha value is -1.89. The molecule has 1 aromatic heterocycles. The Balaban J connectivity index is 2.58. The van der Waals surface area contributed by atoms with Gasteiger partial charge in [-0.3, -0.25) is 0 Å². The summed E-state index contributed by atoms with van der Waals surface area (Å²) in [5, 5.41) is 11.9. The second-order valence-electron chi connectivity index (χ2n) is 3.32. The van der Waals surface area contributed by atoms with E-state index in [-0.39, 0.29) is 10.7 Å². The molecule has 0 aliphatic rings. The zero-order valence-electron chi connectivity index (χ0n) is 9.11. The summed E-state index contributed by atoms with van der Waals surface area (Å²) in [5.74, 6) is -3.21. The van der Waals surface area contributed by atoms with Gasteiger partial charge in [0.2, 0.25) is 0 Å². The highest BCUT2D eigenvalue weighted by Crippen LogP contribution is 2.32. The largest absolute Gasteiger partial charge is 0.476 e. The maximum atomic E-state index is 13.9. The molecule has 1 heterocycles. The van der Waals surface area contributed by atoms with Crippen LogP contribution in [0.4, 0.5) is 8.78 Å². The molecule has 0 amide bonds. The molecule has 0 fully saturated rings. The summed E-state index contributed by atoms with van der Waals surface area (Å²) < 4.78 is 32.2. The number of halogens is 2. The minimum Gasteiger partial charge on any atom is -0.476 e. The van der Waals surface area contributed by atoms with Gasteiger partial charge in [0.05, 0.1) is 5.56 Å². The molecule has 0 unspecified atom stereocenters. The van der Waals surface area contributed by atoms with Gasteiger partial charge < -0.3 is 9.63 Å². The monoisotopic (exact) mass is 271 g/mol. The quantitative estimate of drug-likeness (QED) is 0.869. The topological polar surface area (TPSA) is 63.3 Å². The van der Waals surface area contributed by atoms with Crippen LogP contribution in [0.15, 0.2) is 27.6 Å². The minimum atomic E-state index is -1.33. The second kappa shape index (κ2) is 4.77. The van der Waals surface area contributed by atoms with Crippen molar-refractivity contribution < 1.29 is 23.2 Å². The standard InChI is InChI=1S/C11H7F2NO3S/c1-18-8-3-2-5(12)9(10(8)13)7-4-6(11(15)16)14-17-7/h2-4H,1H3,(H,15,16). The number of carboxylic acids is 1. The Bertz CT molecular complexity index is 612. The van der Waals surface area contributed by atoms with Crippen molar-refractivity contribution in [2.24, 2.45) is 0 Å². The molecule has 2 rings (SSSR count). The van der Waals surface area contributed by atoms with E-state index in [1.54, 1.807) is 6.26 Å². The van der Waals surface area contributed by atoms with E-state index in [0.29, 0.717) is 0 Å². The van der Waals surface area contributed by atoms with E-state index in [0.717, 1.165) is 23.9 Å². The third-order valence-corrected chi connectivity index (χ3v) is 3.01. The number of aromatic carboxylic acids is 1. The second-order valence-corrected chi connectivity index (χ2v) is 4.17. The van der Waals surface area contributed by atoms with Crippen LogP contribution < -0.4 is 0 Å². The molecule has 0 saturated carbocycles. The SMILES string of the molecule is CSc1ccc(F)c(-c2cc(C(=O)O)no2)c1F. The molecule has 1 aromatic carbocycles. The highest BCUT2D eigenvalue weighted by Gasteiger charge is 2.21. The first-order valence-corrected chi connectivity index (χ1v) is 5.99. The zero-order chi connectivity index (χ0) is 13.3. The molecule has 0 saturated heterocycles. The van der Waals surface area contributed by atoms with Crippen LogP contribution in [-0.2, 0) is 0 Å². The highest BCUT2D eigenvalue weighted by molar-refractivity contribution is 7.98. The molecule has 0 atom stereocenters. The molecular weight excluding hydrogens is 264 g/mol. The van der Waals surface area contributed by atoms with Gasteiger partial charge in [-0.1, -0.05) is 5.16 Å². The number of carboxylic acid groups (broad SMARTS) is 1. The Morgan fingerprint density at radius 1 is 1.44 bits per heavy atom.